The van der Waals surface area contributed by atoms with Crippen molar-refractivity contribution >= 4 is 17.2 Å². The lowest BCUT2D eigenvalue weighted by molar-refractivity contribution is -0.133. The summed E-state index contributed by atoms with van der Waals surface area (Å²) >= 11 is 1.80. The van der Waals surface area contributed by atoms with Gasteiger partial charge in [0.05, 0.1) is 16.9 Å². The topological polar surface area (TPSA) is 51.0 Å². The maximum Gasteiger partial charge on any atom is 0.226 e. The van der Waals surface area contributed by atoms with E-state index in [1.54, 1.807) is 11.3 Å². The number of nitrogens with zero attached hydrogens (tertiary/aromatic N) is 4. The molecule has 1 saturated heterocycles. The smallest absolute Gasteiger partial charge is 0.226 e. The maximum absolute atomic E-state index is 12.9. The van der Waals surface area contributed by atoms with E-state index >= 15 is 0 Å². The van der Waals surface area contributed by atoms with Crippen molar-refractivity contribution in [3.05, 3.63) is 33.5 Å². The van der Waals surface area contributed by atoms with Gasteiger partial charge in [-0.3, -0.25) is 9.48 Å². The van der Waals surface area contributed by atoms with E-state index in [0.29, 0.717) is 17.7 Å². The van der Waals surface area contributed by atoms with E-state index in [2.05, 4.69) is 23.8 Å². The van der Waals surface area contributed by atoms with Crippen molar-refractivity contribution in [1.29, 1.82) is 0 Å². The monoisotopic (exact) mass is 344 g/mol. The van der Waals surface area contributed by atoms with Crippen LogP contribution in [0.4, 0.5) is 0 Å². The number of carbonyl (C=O) groups excluding carboxylic acids is 1. The van der Waals surface area contributed by atoms with Crippen LogP contribution in [-0.4, -0.2) is 38.7 Å². The lowest BCUT2D eigenvalue weighted by Gasteiger charge is -2.32. The van der Waals surface area contributed by atoms with Crippen molar-refractivity contribution in [3.63, 3.8) is 0 Å². The van der Waals surface area contributed by atoms with Crippen molar-refractivity contribution in [2.24, 2.45) is 13.0 Å². The predicted molar refractivity (Wildman–Crippen MR) is 94.2 cm³/mol. The van der Waals surface area contributed by atoms with E-state index in [9.17, 15) is 4.79 Å². The van der Waals surface area contributed by atoms with E-state index in [1.165, 1.54) is 15.4 Å². The standard InChI is InChI=1S/C18H24N4OS/c1-11-12(2)24-17(20-11)13-5-4-6-22(10-13)18(23)16-7-15(16)14-8-19-21(3)9-14/h8-9,13,15-16H,4-7,10H2,1-3H3. The number of thiazole rings is 1. The Kier molecular flexibility index (Phi) is 3.95. The van der Waals surface area contributed by atoms with Gasteiger partial charge in [-0.05, 0) is 44.6 Å². The minimum absolute atomic E-state index is 0.160. The van der Waals surface area contributed by atoms with Crippen LogP contribution in [0.15, 0.2) is 12.4 Å². The molecule has 0 N–H and O–H groups in total. The Balaban J connectivity index is 1.42. The third-order valence-electron chi connectivity index (χ3n) is 5.39. The zero-order chi connectivity index (χ0) is 16.8. The molecule has 5 nitrogen and oxygen atoms in total. The van der Waals surface area contributed by atoms with Gasteiger partial charge in [-0.1, -0.05) is 0 Å². The summed E-state index contributed by atoms with van der Waals surface area (Å²) in [4.78, 5) is 21.0. The van der Waals surface area contributed by atoms with Gasteiger partial charge in [0, 0.05) is 43.0 Å². The molecule has 1 amide bonds. The molecule has 3 atom stereocenters. The minimum atomic E-state index is 0.160. The molecular weight excluding hydrogens is 320 g/mol. The SMILES string of the molecule is Cc1nc(C2CCCN(C(=O)C3CC3c3cnn(C)c3)C2)sc1C. The van der Waals surface area contributed by atoms with E-state index < -0.39 is 0 Å². The Bertz CT molecular complexity index is 745. The molecule has 3 heterocycles. The zero-order valence-electron chi connectivity index (χ0n) is 14.5. The Morgan fingerprint density at radius 3 is 2.88 bits per heavy atom. The average molecular weight is 344 g/mol. The Morgan fingerprint density at radius 1 is 1.38 bits per heavy atom. The average Bonchev–Trinajstić information content (AvgIpc) is 3.15. The van der Waals surface area contributed by atoms with Crippen LogP contribution in [0.3, 0.4) is 0 Å². The summed E-state index contributed by atoms with van der Waals surface area (Å²) in [6.07, 6.45) is 7.14. The summed E-state index contributed by atoms with van der Waals surface area (Å²) in [5, 5.41) is 5.44. The van der Waals surface area contributed by atoms with E-state index in [-0.39, 0.29) is 5.92 Å². The van der Waals surface area contributed by atoms with Crippen molar-refractivity contribution in [2.45, 2.75) is 44.9 Å². The predicted octanol–water partition coefficient (Wildman–Crippen LogP) is 3.00. The van der Waals surface area contributed by atoms with E-state index in [1.807, 2.05) is 24.1 Å². The number of amides is 1. The summed E-state index contributed by atoms with van der Waals surface area (Å²) in [6.45, 7) is 5.94. The minimum Gasteiger partial charge on any atom is -0.342 e. The highest BCUT2D eigenvalue weighted by atomic mass is 32.1. The lowest BCUT2D eigenvalue weighted by Crippen LogP contribution is -2.40. The Hall–Kier alpha value is -1.69. The summed E-state index contributed by atoms with van der Waals surface area (Å²) in [7, 11) is 1.93. The summed E-state index contributed by atoms with van der Waals surface area (Å²) in [5.74, 6) is 1.28. The molecule has 1 aliphatic carbocycles. The number of carbonyl (C=O) groups is 1. The van der Waals surface area contributed by atoms with Gasteiger partial charge in [-0.2, -0.15) is 5.10 Å². The first kappa shape index (κ1) is 15.8. The van der Waals surface area contributed by atoms with Crippen LogP contribution < -0.4 is 0 Å². The number of aryl methyl sites for hydroxylation is 3. The number of likely N-dealkylation sites (tertiary alicyclic amines) is 1. The fourth-order valence-corrected chi connectivity index (χ4v) is 4.80. The van der Waals surface area contributed by atoms with Gasteiger partial charge in [0.15, 0.2) is 0 Å². The fraction of sp³-hybridized carbons (Fsp3) is 0.611. The highest BCUT2D eigenvalue weighted by Gasteiger charge is 2.47. The quantitative estimate of drug-likeness (QED) is 0.860. The first-order valence-corrected chi connectivity index (χ1v) is 9.56. The van der Waals surface area contributed by atoms with E-state index in [4.69, 9.17) is 4.98 Å². The highest BCUT2D eigenvalue weighted by Crippen LogP contribution is 2.48. The number of piperidine rings is 1. The van der Waals surface area contributed by atoms with Crippen molar-refractivity contribution in [1.82, 2.24) is 19.7 Å². The summed E-state index contributed by atoms with van der Waals surface area (Å²) < 4.78 is 1.82. The second-order valence-corrected chi connectivity index (χ2v) is 8.45. The molecule has 0 aromatic carbocycles. The van der Waals surface area contributed by atoms with Crippen molar-refractivity contribution in [2.75, 3.05) is 13.1 Å². The first-order chi connectivity index (χ1) is 11.5. The Morgan fingerprint density at radius 2 is 2.21 bits per heavy atom. The molecule has 6 heteroatoms. The van der Waals surface area contributed by atoms with Gasteiger partial charge in [0.1, 0.15) is 0 Å². The normalized spacial score (nSPS) is 26.6. The number of hydrogen-bond acceptors (Lipinski definition) is 4. The van der Waals surface area contributed by atoms with Crippen LogP contribution in [0, 0.1) is 19.8 Å². The number of rotatable bonds is 3. The van der Waals surface area contributed by atoms with Gasteiger partial charge in [0.2, 0.25) is 5.91 Å². The van der Waals surface area contributed by atoms with Gasteiger partial charge in [-0.25, -0.2) is 4.98 Å². The molecule has 2 fully saturated rings. The van der Waals surface area contributed by atoms with Crippen molar-refractivity contribution < 1.29 is 4.79 Å². The van der Waals surface area contributed by atoms with Crippen LogP contribution in [0.5, 0.6) is 0 Å². The molecule has 24 heavy (non-hydrogen) atoms. The van der Waals surface area contributed by atoms with Crippen LogP contribution in [0.1, 0.15) is 52.2 Å². The maximum atomic E-state index is 12.9. The van der Waals surface area contributed by atoms with Crippen LogP contribution >= 0.6 is 11.3 Å². The highest BCUT2D eigenvalue weighted by molar-refractivity contribution is 7.11. The number of aromatic nitrogens is 3. The van der Waals surface area contributed by atoms with Gasteiger partial charge >= 0.3 is 0 Å². The summed E-state index contributed by atoms with van der Waals surface area (Å²) in [5.41, 5.74) is 2.34. The third-order valence-corrected chi connectivity index (χ3v) is 6.62. The molecule has 4 rings (SSSR count). The zero-order valence-corrected chi connectivity index (χ0v) is 15.3. The van der Waals surface area contributed by atoms with E-state index in [0.717, 1.165) is 38.0 Å². The van der Waals surface area contributed by atoms with Gasteiger partial charge < -0.3 is 4.90 Å². The molecule has 2 aromatic heterocycles. The second kappa shape index (κ2) is 5.99. The summed E-state index contributed by atoms with van der Waals surface area (Å²) in [6, 6.07) is 0. The molecule has 0 bridgehead atoms. The number of hydrogen-bond donors (Lipinski definition) is 0. The molecule has 0 radical (unpaired) electrons. The molecule has 3 unspecified atom stereocenters. The molecule has 0 spiro atoms. The largest absolute Gasteiger partial charge is 0.342 e. The fourth-order valence-electron chi connectivity index (χ4n) is 3.75. The van der Waals surface area contributed by atoms with Crippen LogP contribution in [0.25, 0.3) is 0 Å². The first-order valence-electron chi connectivity index (χ1n) is 8.74. The molecule has 2 aliphatic rings. The Labute approximate surface area is 146 Å². The molecule has 1 aliphatic heterocycles. The molecule has 2 aromatic rings. The van der Waals surface area contributed by atoms with Crippen LogP contribution in [0.2, 0.25) is 0 Å². The molecule has 1 saturated carbocycles. The second-order valence-electron chi connectivity index (χ2n) is 7.21. The lowest BCUT2D eigenvalue weighted by atomic mass is 9.98. The molecular formula is C18H24N4OS. The third kappa shape index (κ3) is 2.88. The van der Waals surface area contributed by atoms with Gasteiger partial charge in [-0.15, -0.1) is 11.3 Å². The van der Waals surface area contributed by atoms with Crippen LogP contribution in [-0.2, 0) is 11.8 Å². The van der Waals surface area contributed by atoms with Gasteiger partial charge in [0.25, 0.3) is 0 Å². The van der Waals surface area contributed by atoms with Crippen molar-refractivity contribution in [3.8, 4) is 0 Å². The molecule has 128 valence electrons.